The number of sulfonamides is 1. The van der Waals surface area contributed by atoms with Crippen LogP contribution in [0.2, 0.25) is 0 Å². The van der Waals surface area contributed by atoms with E-state index in [2.05, 4.69) is 9.71 Å². The van der Waals surface area contributed by atoms with E-state index >= 15 is 0 Å². The van der Waals surface area contributed by atoms with E-state index in [0.29, 0.717) is 23.8 Å². The van der Waals surface area contributed by atoms with Gasteiger partial charge in [-0.15, -0.1) is 0 Å². The summed E-state index contributed by atoms with van der Waals surface area (Å²) in [6, 6.07) is 13.1. The molecule has 1 aromatic heterocycles. The monoisotopic (exact) mass is 344 g/mol. The number of nitrogens with one attached hydrogen (secondary N) is 1. The molecule has 2 aromatic rings. The second-order valence-electron chi connectivity index (χ2n) is 6.37. The van der Waals surface area contributed by atoms with Crippen molar-refractivity contribution in [2.45, 2.75) is 49.3 Å². The lowest BCUT2D eigenvalue weighted by molar-refractivity contribution is 0.443. The third kappa shape index (κ3) is 4.42. The highest BCUT2D eigenvalue weighted by Crippen LogP contribution is 2.32. The molecule has 1 aliphatic carbocycles. The lowest BCUT2D eigenvalue weighted by atomic mass is 9.84. The third-order valence-corrected chi connectivity index (χ3v) is 6.14. The van der Waals surface area contributed by atoms with Crippen LogP contribution in [0.3, 0.4) is 0 Å². The van der Waals surface area contributed by atoms with Gasteiger partial charge in [0.05, 0.1) is 4.90 Å². The molecule has 0 radical (unpaired) electrons. The van der Waals surface area contributed by atoms with E-state index in [1.165, 1.54) is 37.7 Å². The molecular formula is C19H24N2O2S. The number of nitrogens with zero attached hydrogens (tertiary/aromatic N) is 1. The smallest absolute Gasteiger partial charge is 0.240 e. The Morgan fingerprint density at radius 2 is 1.75 bits per heavy atom. The van der Waals surface area contributed by atoms with Crippen LogP contribution in [-0.2, 0) is 16.4 Å². The van der Waals surface area contributed by atoms with Crippen LogP contribution in [0.1, 0.15) is 49.3 Å². The predicted octanol–water partition coefficient (Wildman–Crippen LogP) is 3.65. The van der Waals surface area contributed by atoms with Crippen molar-refractivity contribution in [2.75, 3.05) is 6.54 Å². The highest BCUT2D eigenvalue weighted by atomic mass is 32.2. The molecule has 1 N–H and O–H groups in total. The fraction of sp³-hybridized carbons (Fsp3) is 0.421. The van der Waals surface area contributed by atoms with E-state index in [1.807, 2.05) is 30.3 Å². The summed E-state index contributed by atoms with van der Waals surface area (Å²) in [6.45, 7) is 0.351. The maximum absolute atomic E-state index is 12.4. The van der Waals surface area contributed by atoms with Gasteiger partial charge in [0.15, 0.2) is 0 Å². The normalized spacial score (nSPS) is 16.2. The molecule has 0 amide bonds. The summed E-state index contributed by atoms with van der Waals surface area (Å²) in [5.41, 5.74) is 2.15. The molecule has 1 fully saturated rings. The second-order valence-corrected chi connectivity index (χ2v) is 8.14. The maximum Gasteiger partial charge on any atom is 0.240 e. The molecule has 128 valence electrons. The fourth-order valence-corrected chi connectivity index (χ4v) is 4.33. The molecule has 3 rings (SSSR count). The highest BCUT2D eigenvalue weighted by molar-refractivity contribution is 7.89. The Labute approximate surface area is 144 Å². The first-order valence-corrected chi connectivity index (χ1v) is 10.1. The summed E-state index contributed by atoms with van der Waals surface area (Å²) >= 11 is 0. The van der Waals surface area contributed by atoms with E-state index in [0.717, 1.165) is 5.69 Å². The lowest BCUT2D eigenvalue weighted by Crippen LogP contribution is -2.26. The quantitative estimate of drug-likeness (QED) is 0.870. The Kier molecular flexibility index (Phi) is 5.63. The van der Waals surface area contributed by atoms with Crippen molar-refractivity contribution < 1.29 is 8.42 Å². The Balaban J connectivity index is 1.59. The van der Waals surface area contributed by atoms with Crippen molar-refractivity contribution >= 4 is 10.0 Å². The molecule has 1 aromatic carbocycles. The average Bonchev–Trinajstić information content (AvgIpc) is 2.63. The Morgan fingerprint density at radius 1 is 1.00 bits per heavy atom. The van der Waals surface area contributed by atoms with E-state index in [4.69, 9.17) is 0 Å². The minimum absolute atomic E-state index is 0.336. The zero-order valence-corrected chi connectivity index (χ0v) is 14.6. The molecule has 0 saturated heterocycles. The van der Waals surface area contributed by atoms with Crippen molar-refractivity contribution in [1.29, 1.82) is 0 Å². The van der Waals surface area contributed by atoms with Gasteiger partial charge in [0.2, 0.25) is 10.0 Å². The number of aromatic nitrogens is 1. The van der Waals surface area contributed by atoms with Crippen molar-refractivity contribution in [3.05, 3.63) is 59.9 Å². The van der Waals surface area contributed by atoms with Gasteiger partial charge in [-0.25, -0.2) is 13.1 Å². The van der Waals surface area contributed by atoms with Gasteiger partial charge in [-0.1, -0.05) is 37.5 Å². The minimum atomic E-state index is -3.46. The van der Waals surface area contributed by atoms with Gasteiger partial charge in [-0.2, -0.15) is 0 Å². The van der Waals surface area contributed by atoms with Crippen LogP contribution in [-0.4, -0.2) is 19.9 Å². The van der Waals surface area contributed by atoms with Crippen LogP contribution in [0.15, 0.2) is 53.6 Å². The molecule has 4 nitrogen and oxygen atoms in total. The van der Waals surface area contributed by atoms with Crippen molar-refractivity contribution in [3.63, 3.8) is 0 Å². The first-order valence-electron chi connectivity index (χ1n) is 8.65. The van der Waals surface area contributed by atoms with Gasteiger partial charge >= 0.3 is 0 Å². The fourth-order valence-electron chi connectivity index (χ4n) is 3.30. The zero-order valence-electron chi connectivity index (χ0n) is 13.8. The third-order valence-electron chi connectivity index (χ3n) is 4.67. The molecule has 1 aliphatic rings. The van der Waals surface area contributed by atoms with Gasteiger partial charge in [0.25, 0.3) is 0 Å². The van der Waals surface area contributed by atoms with Crippen LogP contribution in [0.25, 0.3) is 0 Å². The first-order chi connectivity index (χ1) is 11.6. The number of hydrogen-bond acceptors (Lipinski definition) is 3. The van der Waals surface area contributed by atoms with Gasteiger partial charge < -0.3 is 0 Å². The molecule has 0 bridgehead atoms. The molecule has 1 saturated carbocycles. The molecule has 1 heterocycles. The Bertz CT molecular complexity index is 737. The summed E-state index contributed by atoms with van der Waals surface area (Å²) in [6.07, 6.45) is 8.61. The molecular weight excluding hydrogens is 320 g/mol. The topological polar surface area (TPSA) is 59.1 Å². The largest absolute Gasteiger partial charge is 0.261 e. The number of pyridine rings is 1. The summed E-state index contributed by atoms with van der Waals surface area (Å²) in [7, 11) is -3.46. The minimum Gasteiger partial charge on any atom is -0.261 e. The SMILES string of the molecule is O=S(=O)(NCCc1ccccn1)c1ccc(C2CCCCC2)cc1. The molecule has 0 unspecified atom stereocenters. The molecule has 5 heteroatoms. The molecule has 0 spiro atoms. The summed E-state index contributed by atoms with van der Waals surface area (Å²) in [5, 5.41) is 0. The first kappa shape index (κ1) is 17.1. The van der Waals surface area contributed by atoms with Crippen LogP contribution >= 0.6 is 0 Å². The van der Waals surface area contributed by atoms with Crippen molar-refractivity contribution in [2.24, 2.45) is 0 Å². The summed E-state index contributed by atoms with van der Waals surface area (Å²) in [4.78, 5) is 4.54. The van der Waals surface area contributed by atoms with Crippen LogP contribution in [0, 0.1) is 0 Å². The summed E-state index contributed by atoms with van der Waals surface area (Å²) < 4.78 is 27.4. The van der Waals surface area contributed by atoms with E-state index in [-0.39, 0.29) is 0 Å². The second kappa shape index (κ2) is 7.90. The van der Waals surface area contributed by atoms with Gasteiger partial charge in [0, 0.05) is 24.9 Å². The van der Waals surface area contributed by atoms with Gasteiger partial charge in [-0.3, -0.25) is 4.98 Å². The number of rotatable bonds is 6. The number of benzene rings is 1. The molecule has 0 atom stereocenters. The van der Waals surface area contributed by atoms with Gasteiger partial charge in [0.1, 0.15) is 0 Å². The standard InChI is InChI=1S/C19H24N2O2S/c22-24(23,21-15-13-18-8-4-5-14-20-18)19-11-9-17(10-12-19)16-6-2-1-3-7-16/h4-5,8-12,14,16,21H,1-3,6-7,13,15H2. The van der Waals surface area contributed by atoms with E-state index in [1.54, 1.807) is 18.3 Å². The molecule has 24 heavy (non-hydrogen) atoms. The highest BCUT2D eigenvalue weighted by Gasteiger charge is 2.17. The Hall–Kier alpha value is -1.72. The maximum atomic E-state index is 12.4. The lowest BCUT2D eigenvalue weighted by Gasteiger charge is -2.22. The Morgan fingerprint density at radius 3 is 2.42 bits per heavy atom. The molecule has 0 aliphatic heterocycles. The predicted molar refractivity (Wildman–Crippen MR) is 95.4 cm³/mol. The van der Waals surface area contributed by atoms with Crippen LogP contribution in [0.4, 0.5) is 0 Å². The van der Waals surface area contributed by atoms with E-state index < -0.39 is 10.0 Å². The van der Waals surface area contributed by atoms with Crippen LogP contribution in [0.5, 0.6) is 0 Å². The van der Waals surface area contributed by atoms with Crippen molar-refractivity contribution in [3.8, 4) is 0 Å². The number of hydrogen-bond donors (Lipinski definition) is 1. The summed E-state index contributed by atoms with van der Waals surface area (Å²) in [5.74, 6) is 0.590. The van der Waals surface area contributed by atoms with Crippen molar-refractivity contribution in [1.82, 2.24) is 9.71 Å². The zero-order chi connectivity index (χ0) is 16.8. The average molecular weight is 344 g/mol. The van der Waals surface area contributed by atoms with Crippen LogP contribution < -0.4 is 4.72 Å². The van der Waals surface area contributed by atoms with Gasteiger partial charge in [-0.05, 0) is 48.6 Å². The van der Waals surface area contributed by atoms with E-state index in [9.17, 15) is 8.42 Å².